The van der Waals surface area contributed by atoms with Crippen LogP contribution in [0, 0.1) is 6.92 Å². The van der Waals surface area contributed by atoms with Crippen molar-refractivity contribution in [2.24, 2.45) is 0 Å². The number of aryl methyl sites for hydroxylation is 1. The third-order valence-electron chi connectivity index (χ3n) is 3.53. The highest BCUT2D eigenvalue weighted by Gasteiger charge is 2.10. The summed E-state index contributed by atoms with van der Waals surface area (Å²) in [6.45, 7) is 2.53. The van der Waals surface area contributed by atoms with E-state index in [9.17, 15) is 9.90 Å². The Morgan fingerprint density at radius 1 is 1.48 bits per heavy atom. The zero-order chi connectivity index (χ0) is 16.4. The summed E-state index contributed by atoms with van der Waals surface area (Å²) in [5.74, 6) is 0.174. The molecular formula is C16H16BrN3O2S. The molecule has 0 atom stereocenters. The van der Waals surface area contributed by atoms with E-state index < -0.39 is 0 Å². The Kier molecular flexibility index (Phi) is 4.68. The van der Waals surface area contributed by atoms with Crippen molar-refractivity contribution in [1.82, 2.24) is 14.7 Å². The zero-order valence-corrected chi connectivity index (χ0v) is 14.9. The number of hydrogen-bond acceptors (Lipinski definition) is 4. The number of nitrogens with zero attached hydrogens (tertiary/aromatic N) is 2. The van der Waals surface area contributed by atoms with Gasteiger partial charge in [-0.2, -0.15) is 0 Å². The van der Waals surface area contributed by atoms with Crippen molar-refractivity contribution in [3.63, 3.8) is 0 Å². The van der Waals surface area contributed by atoms with E-state index in [1.807, 2.05) is 22.9 Å². The maximum Gasteiger partial charge on any atom is 0.226 e. The van der Waals surface area contributed by atoms with Gasteiger partial charge in [0, 0.05) is 28.3 Å². The van der Waals surface area contributed by atoms with Crippen LogP contribution in [-0.2, 0) is 17.6 Å². The fourth-order valence-corrected chi connectivity index (χ4v) is 3.66. The monoisotopic (exact) mass is 393 g/mol. The molecular weight excluding hydrogens is 378 g/mol. The fourth-order valence-electron chi connectivity index (χ4n) is 2.34. The van der Waals surface area contributed by atoms with Gasteiger partial charge in [0.2, 0.25) is 5.91 Å². The highest BCUT2D eigenvalue weighted by atomic mass is 79.9. The Balaban J connectivity index is 1.54. The molecule has 2 N–H and O–H groups in total. The van der Waals surface area contributed by atoms with Gasteiger partial charge in [0.25, 0.3) is 0 Å². The van der Waals surface area contributed by atoms with E-state index in [1.165, 1.54) is 0 Å². The number of aromatic nitrogens is 2. The number of nitrogens with one attached hydrogen (secondary N) is 1. The van der Waals surface area contributed by atoms with E-state index in [0.717, 1.165) is 26.4 Å². The molecule has 3 rings (SSSR count). The zero-order valence-electron chi connectivity index (χ0n) is 12.5. The Morgan fingerprint density at radius 2 is 2.30 bits per heavy atom. The molecule has 0 aliphatic rings. The smallest absolute Gasteiger partial charge is 0.226 e. The van der Waals surface area contributed by atoms with E-state index in [0.29, 0.717) is 13.0 Å². The standard InChI is InChI=1S/C16H16BrN3O2S/c1-10-9-23-16-19-12(8-20(10)16)7-15(22)18-5-4-11-6-13(21)2-3-14(11)17/h2-3,6,8-9,21H,4-5,7H2,1H3,(H,18,22). The number of amides is 1. The minimum absolute atomic E-state index is 0.0512. The van der Waals surface area contributed by atoms with E-state index in [2.05, 4.69) is 26.2 Å². The van der Waals surface area contributed by atoms with Crippen LogP contribution in [0.1, 0.15) is 17.0 Å². The third kappa shape index (κ3) is 3.73. The molecule has 0 aliphatic heterocycles. The molecule has 0 saturated carbocycles. The number of rotatable bonds is 5. The number of benzene rings is 1. The van der Waals surface area contributed by atoms with Crippen molar-refractivity contribution in [2.45, 2.75) is 19.8 Å². The summed E-state index contributed by atoms with van der Waals surface area (Å²) >= 11 is 5.01. The maximum absolute atomic E-state index is 12.0. The third-order valence-corrected chi connectivity index (χ3v) is 5.26. The van der Waals surface area contributed by atoms with Gasteiger partial charge >= 0.3 is 0 Å². The van der Waals surface area contributed by atoms with Gasteiger partial charge in [-0.15, -0.1) is 11.3 Å². The lowest BCUT2D eigenvalue weighted by Crippen LogP contribution is -2.27. The van der Waals surface area contributed by atoms with Gasteiger partial charge in [-0.05, 0) is 37.1 Å². The lowest BCUT2D eigenvalue weighted by atomic mass is 10.1. The van der Waals surface area contributed by atoms with Crippen molar-refractivity contribution >= 4 is 38.1 Å². The number of phenols is 1. The highest BCUT2D eigenvalue weighted by molar-refractivity contribution is 9.10. The molecule has 7 heteroatoms. The number of halogens is 1. The lowest BCUT2D eigenvalue weighted by Gasteiger charge is -2.07. The molecule has 0 aliphatic carbocycles. The molecule has 0 radical (unpaired) electrons. The number of imidazole rings is 1. The SMILES string of the molecule is Cc1csc2nc(CC(=O)NCCc3cc(O)ccc3Br)cn12. The first-order chi connectivity index (χ1) is 11.0. The molecule has 2 heterocycles. The van der Waals surface area contributed by atoms with Crippen LogP contribution in [0.25, 0.3) is 4.96 Å². The van der Waals surface area contributed by atoms with Gasteiger partial charge < -0.3 is 10.4 Å². The predicted molar refractivity (Wildman–Crippen MR) is 94.0 cm³/mol. The number of hydrogen-bond donors (Lipinski definition) is 2. The second-order valence-corrected chi connectivity index (χ2v) is 7.01. The number of carbonyl (C=O) groups excluding carboxylic acids is 1. The number of carbonyl (C=O) groups is 1. The molecule has 3 aromatic rings. The summed E-state index contributed by atoms with van der Waals surface area (Å²) in [6, 6.07) is 5.12. The Hall–Kier alpha value is -1.86. The van der Waals surface area contributed by atoms with E-state index in [1.54, 1.807) is 29.5 Å². The summed E-state index contributed by atoms with van der Waals surface area (Å²) in [7, 11) is 0. The van der Waals surface area contributed by atoms with Crippen LogP contribution in [0.15, 0.2) is 34.2 Å². The fraction of sp³-hybridized carbons (Fsp3) is 0.250. The van der Waals surface area contributed by atoms with Crippen LogP contribution < -0.4 is 5.32 Å². The average molecular weight is 394 g/mol. The number of phenolic OH excluding ortho intramolecular Hbond substituents is 1. The molecule has 2 aromatic heterocycles. The average Bonchev–Trinajstić information content (AvgIpc) is 3.05. The second-order valence-electron chi connectivity index (χ2n) is 5.31. The summed E-state index contributed by atoms with van der Waals surface area (Å²) in [4.78, 5) is 17.4. The van der Waals surface area contributed by atoms with Crippen LogP contribution in [0.4, 0.5) is 0 Å². The van der Waals surface area contributed by atoms with Gasteiger partial charge in [-0.3, -0.25) is 9.20 Å². The van der Waals surface area contributed by atoms with E-state index in [-0.39, 0.29) is 18.1 Å². The molecule has 0 fully saturated rings. The van der Waals surface area contributed by atoms with Crippen molar-refractivity contribution in [3.05, 3.63) is 51.2 Å². The number of aromatic hydroxyl groups is 1. The quantitative estimate of drug-likeness (QED) is 0.699. The number of thiazole rings is 1. The van der Waals surface area contributed by atoms with Gasteiger partial charge in [-0.25, -0.2) is 4.98 Å². The molecule has 0 saturated heterocycles. The Bertz CT molecular complexity index is 856. The topological polar surface area (TPSA) is 66.6 Å². The van der Waals surface area contributed by atoms with E-state index in [4.69, 9.17) is 0 Å². The number of fused-ring (bicyclic) bond motifs is 1. The van der Waals surface area contributed by atoms with Gasteiger partial charge in [0.05, 0.1) is 12.1 Å². The molecule has 0 bridgehead atoms. The summed E-state index contributed by atoms with van der Waals surface area (Å²) in [6.07, 6.45) is 2.83. The molecule has 5 nitrogen and oxygen atoms in total. The molecule has 1 aromatic carbocycles. The summed E-state index contributed by atoms with van der Waals surface area (Å²) < 4.78 is 2.92. The van der Waals surface area contributed by atoms with Crippen LogP contribution in [-0.4, -0.2) is 26.9 Å². The van der Waals surface area contributed by atoms with Crippen LogP contribution >= 0.6 is 27.3 Å². The normalized spacial score (nSPS) is 11.0. The largest absolute Gasteiger partial charge is 0.508 e. The van der Waals surface area contributed by atoms with Crippen molar-refractivity contribution in [1.29, 1.82) is 0 Å². The first-order valence-electron chi connectivity index (χ1n) is 7.19. The minimum Gasteiger partial charge on any atom is -0.508 e. The highest BCUT2D eigenvalue weighted by Crippen LogP contribution is 2.21. The Morgan fingerprint density at radius 3 is 3.09 bits per heavy atom. The van der Waals surface area contributed by atoms with Crippen LogP contribution in [0.3, 0.4) is 0 Å². The molecule has 120 valence electrons. The minimum atomic E-state index is -0.0512. The van der Waals surface area contributed by atoms with Gasteiger partial charge in [0.15, 0.2) is 4.96 Å². The van der Waals surface area contributed by atoms with E-state index >= 15 is 0 Å². The van der Waals surface area contributed by atoms with Gasteiger partial charge in [0.1, 0.15) is 5.75 Å². The van der Waals surface area contributed by atoms with Crippen molar-refractivity contribution in [2.75, 3.05) is 6.54 Å². The maximum atomic E-state index is 12.0. The Labute approximate surface area is 146 Å². The first-order valence-corrected chi connectivity index (χ1v) is 8.86. The van der Waals surface area contributed by atoms with Crippen molar-refractivity contribution < 1.29 is 9.90 Å². The second kappa shape index (κ2) is 6.72. The van der Waals surface area contributed by atoms with Gasteiger partial charge in [-0.1, -0.05) is 15.9 Å². The van der Waals surface area contributed by atoms with Crippen LogP contribution in [0.5, 0.6) is 5.75 Å². The first kappa shape index (κ1) is 16.0. The molecule has 0 unspecified atom stereocenters. The molecule has 23 heavy (non-hydrogen) atoms. The summed E-state index contributed by atoms with van der Waals surface area (Å²) in [5, 5.41) is 14.4. The van der Waals surface area contributed by atoms with Crippen molar-refractivity contribution in [3.8, 4) is 5.75 Å². The molecule has 0 spiro atoms. The summed E-state index contributed by atoms with van der Waals surface area (Å²) in [5.41, 5.74) is 2.86. The lowest BCUT2D eigenvalue weighted by molar-refractivity contribution is -0.120. The molecule has 1 amide bonds. The van der Waals surface area contributed by atoms with Crippen LogP contribution in [0.2, 0.25) is 0 Å². The predicted octanol–water partition coefficient (Wildman–Crippen LogP) is 3.07.